The van der Waals surface area contributed by atoms with E-state index in [4.69, 9.17) is 18.9 Å². The van der Waals surface area contributed by atoms with Crippen molar-refractivity contribution in [1.29, 1.82) is 21.0 Å². The highest BCUT2D eigenvalue weighted by Crippen LogP contribution is 2.67. The summed E-state index contributed by atoms with van der Waals surface area (Å²) in [5, 5.41) is 39.5. The molecule has 3 heterocycles. The molecule has 2 aliphatic carbocycles. The molecule has 0 saturated carbocycles. The van der Waals surface area contributed by atoms with Gasteiger partial charge in [0.1, 0.15) is 55.7 Å². The molecule has 2 aliphatic rings. The Hall–Kier alpha value is -8.84. The van der Waals surface area contributed by atoms with Gasteiger partial charge in [-0.2, -0.15) is 21.0 Å². The number of carbonyl (C=O) groups excluding carboxylic acids is 4. The van der Waals surface area contributed by atoms with E-state index in [9.17, 15) is 21.0 Å². The van der Waals surface area contributed by atoms with E-state index in [0.717, 1.165) is 22.7 Å². The SMILES string of the molecule is N#CC(C#N)=NC1=CC2=C(c3sc4c(sc5cc(N=C(C#N)C#N)sc54)c3C2(C(=O)OCc2ccccc2)C(=O)OCc2ccccc2)C1(C(=O)OCc1ccccc1)C(=O)OCc1ccccc1. The fraction of sp³-hybridized carbons (Fsp3) is 0.115. The van der Waals surface area contributed by atoms with E-state index in [2.05, 4.69) is 9.98 Å². The van der Waals surface area contributed by atoms with Crippen molar-refractivity contribution in [3.05, 3.63) is 177 Å². The molecule has 0 fully saturated rings. The lowest BCUT2D eigenvalue weighted by Crippen LogP contribution is -2.46. The number of carbonyl (C=O) groups is 4. The van der Waals surface area contributed by atoms with Gasteiger partial charge in [-0.15, -0.1) is 34.0 Å². The molecule has 0 N–H and O–H groups in total. The van der Waals surface area contributed by atoms with Gasteiger partial charge in [-0.05, 0) is 40.0 Å². The number of hydrogen-bond donors (Lipinski definition) is 0. The molecule has 14 nitrogen and oxygen atoms in total. The Balaban J connectivity index is 1.35. The van der Waals surface area contributed by atoms with E-state index in [1.807, 2.05) is 0 Å². The fourth-order valence-electron chi connectivity index (χ4n) is 8.14. The van der Waals surface area contributed by atoms with Crippen molar-refractivity contribution in [3.63, 3.8) is 0 Å². The third kappa shape index (κ3) is 8.03. The Morgan fingerprint density at radius 3 is 1.32 bits per heavy atom. The number of thiophene rings is 3. The number of ether oxygens (including phenoxy) is 4. The summed E-state index contributed by atoms with van der Waals surface area (Å²) in [7, 11) is 0. The molecule has 4 aromatic carbocycles. The lowest BCUT2D eigenvalue weighted by molar-refractivity contribution is -0.167. The van der Waals surface area contributed by atoms with Gasteiger partial charge in [-0.1, -0.05) is 121 Å². The van der Waals surface area contributed by atoms with E-state index < -0.39 is 46.1 Å². The molecule has 0 radical (unpaired) electrons. The van der Waals surface area contributed by atoms with Crippen LogP contribution in [0.5, 0.6) is 0 Å². The molecule has 7 aromatic rings. The number of aliphatic imine (C=N–C) groups is 2. The maximum absolute atomic E-state index is 15.6. The van der Waals surface area contributed by atoms with Gasteiger partial charge in [-0.3, -0.25) is 19.2 Å². The van der Waals surface area contributed by atoms with Gasteiger partial charge in [-0.25, -0.2) is 9.98 Å². The Bertz CT molecular complexity index is 3390. The number of allylic oxidation sites excluding steroid dienone is 1. The molecular formula is C52H30N6O8S3. The van der Waals surface area contributed by atoms with Crippen molar-refractivity contribution in [3.8, 4) is 24.3 Å². The molecule has 9 rings (SSSR count). The molecule has 0 atom stereocenters. The smallest absolute Gasteiger partial charge is 0.334 e. The average molecular weight is 963 g/mol. The summed E-state index contributed by atoms with van der Waals surface area (Å²) in [6.07, 6.45) is 1.18. The van der Waals surface area contributed by atoms with Crippen molar-refractivity contribution in [2.24, 2.45) is 15.4 Å². The predicted octanol–water partition coefficient (Wildman–Crippen LogP) is 9.65. The predicted molar refractivity (Wildman–Crippen MR) is 256 cm³/mol. The quantitative estimate of drug-likeness (QED) is 0.0430. The topological polar surface area (TPSA) is 225 Å². The molecule has 3 aromatic heterocycles. The maximum atomic E-state index is 15.6. The number of benzene rings is 4. The highest BCUT2D eigenvalue weighted by Gasteiger charge is 2.71. The van der Waals surface area contributed by atoms with E-state index in [1.54, 1.807) is 152 Å². The van der Waals surface area contributed by atoms with Crippen LogP contribution in [0.3, 0.4) is 0 Å². The zero-order valence-corrected chi connectivity index (χ0v) is 38.2. The highest BCUT2D eigenvalue weighted by molar-refractivity contribution is 7.40. The average Bonchev–Trinajstić information content (AvgIpc) is 4.18. The third-order valence-corrected chi connectivity index (χ3v) is 15.1. The van der Waals surface area contributed by atoms with Crippen molar-refractivity contribution in [1.82, 2.24) is 0 Å². The zero-order valence-electron chi connectivity index (χ0n) is 35.7. The molecule has 0 unspecified atom stereocenters. The number of rotatable bonds is 14. The maximum Gasteiger partial charge on any atom is 0.334 e. The van der Waals surface area contributed by atoms with Crippen LogP contribution in [0.1, 0.15) is 32.7 Å². The lowest BCUT2D eigenvalue weighted by atomic mass is 9.77. The number of fused-ring (bicyclic) bond motifs is 6. The second-order valence-electron chi connectivity index (χ2n) is 15.3. The summed E-state index contributed by atoms with van der Waals surface area (Å²) in [6, 6.07) is 43.3. The molecule has 17 heteroatoms. The molecule has 0 spiro atoms. The molecule has 0 amide bonds. The van der Waals surface area contributed by atoms with Crippen LogP contribution >= 0.6 is 34.0 Å². The largest absolute Gasteiger partial charge is 0.459 e. The van der Waals surface area contributed by atoms with Crippen LogP contribution in [0.4, 0.5) is 5.00 Å². The van der Waals surface area contributed by atoms with Gasteiger partial charge in [0.25, 0.3) is 0 Å². The van der Waals surface area contributed by atoms with Gasteiger partial charge in [0.15, 0.2) is 0 Å². The van der Waals surface area contributed by atoms with Crippen LogP contribution in [-0.2, 0) is 70.0 Å². The molecule has 0 bridgehead atoms. The van der Waals surface area contributed by atoms with Gasteiger partial charge in [0, 0.05) is 20.7 Å². The number of hydrogen-bond acceptors (Lipinski definition) is 17. The monoisotopic (exact) mass is 962 g/mol. The summed E-state index contributed by atoms with van der Waals surface area (Å²) >= 11 is 3.36. The second kappa shape index (κ2) is 19.2. The molecule has 0 aliphatic heterocycles. The minimum Gasteiger partial charge on any atom is -0.459 e. The van der Waals surface area contributed by atoms with Crippen LogP contribution in [0.2, 0.25) is 0 Å². The van der Waals surface area contributed by atoms with E-state index >= 15 is 19.2 Å². The Morgan fingerprint density at radius 1 is 0.493 bits per heavy atom. The zero-order chi connectivity index (χ0) is 48.1. The van der Waals surface area contributed by atoms with Crippen molar-refractivity contribution < 1.29 is 38.1 Å². The van der Waals surface area contributed by atoms with E-state index in [-0.39, 0.29) is 53.7 Å². The van der Waals surface area contributed by atoms with Crippen LogP contribution in [0.15, 0.2) is 155 Å². The molecule has 0 saturated heterocycles. The first-order chi connectivity index (χ1) is 33.7. The van der Waals surface area contributed by atoms with Crippen molar-refractivity contribution in [2.75, 3.05) is 0 Å². The van der Waals surface area contributed by atoms with Gasteiger partial charge < -0.3 is 18.9 Å². The Kier molecular flexibility index (Phi) is 12.6. The molecular weight excluding hydrogens is 933 g/mol. The van der Waals surface area contributed by atoms with Gasteiger partial charge in [0.2, 0.25) is 22.3 Å². The van der Waals surface area contributed by atoms with Crippen LogP contribution in [0, 0.1) is 50.7 Å². The third-order valence-electron chi connectivity index (χ3n) is 11.2. The van der Waals surface area contributed by atoms with E-state index in [1.165, 1.54) is 17.4 Å². The van der Waals surface area contributed by atoms with Crippen LogP contribution in [-0.4, -0.2) is 35.3 Å². The highest BCUT2D eigenvalue weighted by atomic mass is 32.1. The fourth-order valence-corrected chi connectivity index (χ4v) is 12.5. The van der Waals surface area contributed by atoms with Crippen LogP contribution in [0.25, 0.3) is 24.4 Å². The van der Waals surface area contributed by atoms with Gasteiger partial charge in [0.05, 0.1) is 19.8 Å². The first-order valence-corrected chi connectivity index (χ1v) is 23.2. The van der Waals surface area contributed by atoms with Crippen molar-refractivity contribution >= 4 is 98.7 Å². The first kappa shape index (κ1) is 45.3. The minimum atomic E-state index is -2.79. The molecule has 334 valence electrons. The summed E-state index contributed by atoms with van der Waals surface area (Å²) in [5.74, 6) is -4.74. The molecule has 69 heavy (non-hydrogen) atoms. The van der Waals surface area contributed by atoms with Crippen molar-refractivity contribution in [2.45, 2.75) is 31.8 Å². The summed E-state index contributed by atoms with van der Waals surface area (Å²) in [4.78, 5) is 70.9. The normalized spacial score (nSPS) is 13.6. The number of nitrogens with zero attached hydrogens (tertiary/aromatic N) is 6. The summed E-state index contributed by atoms with van der Waals surface area (Å²) < 4.78 is 26.5. The summed E-state index contributed by atoms with van der Waals surface area (Å²) in [6.45, 7) is -1.35. The Morgan fingerprint density at radius 2 is 0.899 bits per heavy atom. The minimum absolute atomic E-state index is 0.0491. The number of esters is 4. The summed E-state index contributed by atoms with van der Waals surface area (Å²) in [5.41, 5.74) is -5.25. The Labute approximate surface area is 404 Å². The van der Waals surface area contributed by atoms with E-state index in [0.29, 0.717) is 46.1 Å². The first-order valence-electron chi connectivity index (χ1n) is 20.8. The standard InChI is InChI=1S/C52H30N6O8S3/c53-23-35(24-54)57-39-21-37-41(52(39,49(61)65-29-33-17-9-3-10-18-33)50(62)66-30-34-19-11-4-12-20-34)44-42(45-46(69-44)43-38(67-45)22-40(68-43)58-36(25-55)26-56)51(37,47(59)63-27-31-13-5-1-6-14-31)48(60)64-28-32-15-7-2-8-16-32/h1-22H,27-30H2. The lowest BCUT2D eigenvalue weighted by Gasteiger charge is -2.29. The second-order valence-corrected chi connectivity index (χ2v) is 18.4. The number of nitriles is 4. The van der Waals surface area contributed by atoms with Gasteiger partial charge >= 0.3 is 23.9 Å². The van der Waals surface area contributed by atoms with Crippen LogP contribution < -0.4 is 0 Å².